The number of carbonyl (C=O) groups excluding carboxylic acids is 8. The number of Topliss-reactive ketones (excluding diaryl/α,β-unsaturated/α-hetero) is 1. The van der Waals surface area contributed by atoms with Crippen LogP contribution in [0.1, 0.15) is 179 Å². The SMILES string of the molecule is CC[C@@H](C)C(=O)N[C@H](C(=O)N1C[C@@H](NC(=O)c2ccc(-c3ccc(C(=O)N[C@H]4C[C@@H](C(=O)N[C@@H]5CCc6ccccc65)N(C(=O)[C@@H](CC(=O)[C@H](C)NC)C5CCCCC5)C4)cc3)cc2)C[C@H]1C(=O)N[C@@H]1CCc2ccccc21)C1CCCCC1. The minimum atomic E-state index is -0.852. The first-order valence-electron chi connectivity index (χ1n) is 31.4. The molecule has 10 rings (SSSR count). The summed E-state index contributed by atoms with van der Waals surface area (Å²) in [6.45, 7) is 5.88. The predicted octanol–water partition coefficient (Wildman–Crippen LogP) is 8.23. The fourth-order valence-electron chi connectivity index (χ4n) is 14.2. The van der Waals surface area contributed by atoms with Gasteiger partial charge in [-0.1, -0.05) is 125 Å². The number of hydrogen-bond acceptors (Lipinski definition) is 9. The molecule has 2 saturated heterocycles. The number of fused-ring (bicyclic) bond motifs is 2. The molecular weight excluding hydrogens is 1060 g/mol. The number of ketones is 1. The zero-order valence-corrected chi connectivity index (χ0v) is 49.5. The number of benzene rings is 4. The van der Waals surface area contributed by atoms with Crippen molar-refractivity contribution < 1.29 is 38.4 Å². The number of nitrogens with one attached hydrogen (secondary N) is 6. The van der Waals surface area contributed by atoms with Gasteiger partial charge in [0.05, 0.1) is 18.1 Å². The van der Waals surface area contributed by atoms with Crippen LogP contribution in [0.15, 0.2) is 97.1 Å². The molecule has 4 aromatic rings. The molecule has 4 aromatic carbocycles. The van der Waals surface area contributed by atoms with Crippen LogP contribution in [0.4, 0.5) is 0 Å². The van der Waals surface area contributed by atoms with E-state index in [0.717, 1.165) is 112 Å². The Morgan fingerprint density at radius 1 is 0.536 bits per heavy atom. The zero-order valence-electron chi connectivity index (χ0n) is 49.5. The molecule has 10 atom stereocenters. The van der Waals surface area contributed by atoms with Crippen LogP contribution < -0.4 is 31.9 Å². The van der Waals surface area contributed by atoms with Gasteiger partial charge in [-0.05, 0) is 154 Å². The highest BCUT2D eigenvalue weighted by Gasteiger charge is 2.47. The lowest BCUT2D eigenvalue weighted by atomic mass is 9.76. The third kappa shape index (κ3) is 13.6. The first kappa shape index (κ1) is 59.9. The van der Waals surface area contributed by atoms with Gasteiger partial charge in [0, 0.05) is 54.6 Å². The summed E-state index contributed by atoms with van der Waals surface area (Å²) in [6.07, 6.45) is 13.8. The van der Waals surface area contributed by atoms with Crippen LogP contribution in [0.2, 0.25) is 0 Å². The van der Waals surface area contributed by atoms with Crippen LogP contribution in [0.3, 0.4) is 0 Å². The summed E-state index contributed by atoms with van der Waals surface area (Å²) in [4.78, 5) is 117. The van der Waals surface area contributed by atoms with Gasteiger partial charge in [0.25, 0.3) is 11.8 Å². The molecule has 4 aliphatic carbocycles. The van der Waals surface area contributed by atoms with Crippen LogP contribution in [0.5, 0.6) is 0 Å². The van der Waals surface area contributed by atoms with Crippen molar-refractivity contribution in [3.8, 4) is 11.1 Å². The number of likely N-dealkylation sites (N-methyl/N-ethyl adjacent to an activating group) is 1. The Morgan fingerprint density at radius 2 is 0.988 bits per heavy atom. The second-order valence-corrected chi connectivity index (χ2v) is 25.0. The summed E-state index contributed by atoms with van der Waals surface area (Å²) in [5.74, 6) is -2.76. The topological polar surface area (TPSA) is 215 Å². The van der Waals surface area contributed by atoms with Crippen LogP contribution in [0, 0.1) is 23.7 Å². The van der Waals surface area contributed by atoms with Gasteiger partial charge in [0.15, 0.2) is 0 Å². The first-order valence-corrected chi connectivity index (χ1v) is 31.4. The number of carbonyl (C=O) groups is 8. The molecule has 4 fully saturated rings. The van der Waals surface area contributed by atoms with Crippen molar-refractivity contribution in [2.45, 2.75) is 185 Å². The molecule has 0 spiro atoms. The minimum Gasteiger partial charge on any atom is -0.347 e. The largest absolute Gasteiger partial charge is 0.347 e. The Balaban J connectivity index is 0.802. The van der Waals surface area contributed by atoms with Crippen LogP contribution >= 0.6 is 0 Å². The summed E-state index contributed by atoms with van der Waals surface area (Å²) >= 11 is 0. The van der Waals surface area contributed by atoms with Gasteiger partial charge in [-0.15, -0.1) is 0 Å². The molecule has 7 amide bonds. The van der Waals surface area contributed by atoms with Crippen molar-refractivity contribution >= 4 is 47.1 Å². The highest BCUT2D eigenvalue weighted by molar-refractivity contribution is 5.98. The maximum absolute atomic E-state index is 14.9. The van der Waals surface area contributed by atoms with E-state index >= 15 is 0 Å². The molecule has 0 bridgehead atoms. The molecule has 6 aliphatic rings. The maximum Gasteiger partial charge on any atom is 0.251 e. The lowest BCUT2D eigenvalue weighted by Crippen LogP contribution is -2.57. The zero-order chi connectivity index (χ0) is 59.0. The summed E-state index contributed by atoms with van der Waals surface area (Å²) in [7, 11) is 1.74. The average molecular weight is 1140 g/mol. The van der Waals surface area contributed by atoms with Crippen molar-refractivity contribution in [3.63, 3.8) is 0 Å². The predicted molar refractivity (Wildman–Crippen MR) is 322 cm³/mol. The highest BCUT2D eigenvalue weighted by Crippen LogP contribution is 2.38. The molecular formula is C68H86N8O8. The van der Waals surface area contributed by atoms with E-state index in [9.17, 15) is 38.4 Å². The first-order chi connectivity index (χ1) is 40.7. The highest BCUT2D eigenvalue weighted by atomic mass is 16.2. The Hall–Kier alpha value is -7.20. The molecule has 0 radical (unpaired) electrons. The molecule has 84 heavy (non-hydrogen) atoms. The standard InChI is InChI=1S/C68H86N8O8/c1-5-41(2)62(78)74-61(48-20-10-7-11-21-48)68(84)76-40-52(37-59(76)66(82)73-57-35-33-47-19-13-15-23-54(47)57)71-64(80)50-30-26-44(27-31-50)43-24-28-49(29-25-43)63(79)70-51-36-58(65(81)72-56-34-32-46-18-12-14-22-53(46)56)75(39-51)67(83)55(38-60(77)42(3)69-4)45-16-8-6-9-17-45/h12-15,18-19,22-31,41-42,45,48,51-52,55-59,61,69H,5-11,16-17,20-21,32-40H2,1-4H3,(H,70,79)(H,71,80)(H,72,81)(H,73,82)(H,74,78)/t41-,42+,51+,52+,55+,56-,57-,58+,59+,61+/m1/s1. The van der Waals surface area contributed by atoms with Crippen molar-refractivity contribution in [1.82, 2.24) is 41.7 Å². The third-order valence-corrected chi connectivity index (χ3v) is 19.6. The van der Waals surface area contributed by atoms with Gasteiger partial charge in [-0.25, -0.2) is 0 Å². The van der Waals surface area contributed by atoms with Crippen molar-refractivity contribution in [2.24, 2.45) is 23.7 Å². The van der Waals surface area contributed by atoms with Gasteiger partial charge in [0.2, 0.25) is 29.5 Å². The number of nitrogens with zero attached hydrogens (tertiary/aromatic N) is 2. The van der Waals surface area contributed by atoms with Crippen LogP contribution in [-0.2, 0) is 41.6 Å². The van der Waals surface area contributed by atoms with E-state index in [0.29, 0.717) is 17.5 Å². The third-order valence-electron chi connectivity index (χ3n) is 19.6. The molecule has 446 valence electrons. The minimum absolute atomic E-state index is 0.0309. The lowest BCUT2D eigenvalue weighted by Gasteiger charge is -2.35. The number of hydrogen-bond donors (Lipinski definition) is 6. The molecule has 2 aliphatic heterocycles. The van der Waals surface area contributed by atoms with E-state index in [1.807, 2.05) is 81.4 Å². The fraction of sp³-hybridized carbons (Fsp3) is 0.529. The van der Waals surface area contributed by atoms with E-state index in [4.69, 9.17) is 0 Å². The number of rotatable bonds is 20. The summed E-state index contributed by atoms with van der Waals surface area (Å²) in [6, 6.07) is 26.2. The van der Waals surface area contributed by atoms with E-state index in [1.165, 1.54) is 11.1 Å². The van der Waals surface area contributed by atoms with Gasteiger partial charge >= 0.3 is 0 Å². The number of likely N-dealkylation sites (tertiary alicyclic amines) is 2. The van der Waals surface area contributed by atoms with Gasteiger partial charge in [-0.3, -0.25) is 38.4 Å². The van der Waals surface area contributed by atoms with Crippen molar-refractivity contribution in [3.05, 3.63) is 130 Å². The van der Waals surface area contributed by atoms with E-state index in [2.05, 4.69) is 44.0 Å². The van der Waals surface area contributed by atoms with E-state index in [1.54, 1.807) is 41.1 Å². The second kappa shape index (κ2) is 27.2. The Kier molecular flexibility index (Phi) is 19.4. The molecule has 0 aromatic heterocycles. The molecule has 16 heteroatoms. The summed E-state index contributed by atoms with van der Waals surface area (Å²) in [5, 5.41) is 19.0. The van der Waals surface area contributed by atoms with Gasteiger partial charge in [-0.2, -0.15) is 0 Å². The average Bonchev–Trinajstić information content (AvgIpc) is 4.32. The summed E-state index contributed by atoms with van der Waals surface area (Å²) in [5.41, 5.74) is 6.98. The molecule has 2 heterocycles. The monoisotopic (exact) mass is 1140 g/mol. The molecule has 6 N–H and O–H groups in total. The Morgan fingerprint density at radius 3 is 1.45 bits per heavy atom. The van der Waals surface area contributed by atoms with Gasteiger partial charge in [0.1, 0.15) is 23.9 Å². The van der Waals surface area contributed by atoms with Gasteiger partial charge < -0.3 is 41.7 Å². The smallest absolute Gasteiger partial charge is 0.251 e. The number of amides is 7. The molecule has 0 unspecified atom stereocenters. The van der Waals surface area contributed by atoms with Crippen molar-refractivity contribution in [2.75, 3.05) is 20.1 Å². The van der Waals surface area contributed by atoms with Crippen molar-refractivity contribution in [1.29, 1.82) is 0 Å². The maximum atomic E-state index is 14.9. The Labute approximate surface area is 495 Å². The second-order valence-electron chi connectivity index (χ2n) is 25.0. The fourth-order valence-corrected chi connectivity index (χ4v) is 14.2. The molecule has 16 nitrogen and oxygen atoms in total. The normalized spacial score (nSPS) is 23.8. The number of aryl methyl sites for hydroxylation is 2. The lowest BCUT2D eigenvalue weighted by molar-refractivity contribution is -0.145. The van der Waals surface area contributed by atoms with E-state index < -0.39 is 42.2 Å². The summed E-state index contributed by atoms with van der Waals surface area (Å²) < 4.78 is 0. The van der Waals surface area contributed by atoms with E-state index in [-0.39, 0.29) is 109 Å². The van der Waals surface area contributed by atoms with Crippen LogP contribution in [0.25, 0.3) is 11.1 Å². The Bertz CT molecular complexity index is 2840. The molecule has 2 saturated carbocycles. The quantitative estimate of drug-likeness (QED) is 0.0502. The van der Waals surface area contributed by atoms with Crippen LogP contribution in [-0.4, -0.2) is 113 Å².